The first kappa shape index (κ1) is 91.3. The number of carbonyl (C=O) groups excluding carboxylic acids is 16. The summed E-state index contributed by atoms with van der Waals surface area (Å²) < 4.78 is 48.6. The van der Waals surface area contributed by atoms with E-state index in [2.05, 4.69) is 38.5 Å². The van der Waals surface area contributed by atoms with Crippen molar-refractivity contribution in [2.24, 2.45) is 35.3 Å². The molecule has 1 saturated heterocycles. The lowest BCUT2D eigenvalue weighted by molar-refractivity contribution is -0.174. The first-order valence-corrected chi connectivity index (χ1v) is 36.9. The van der Waals surface area contributed by atoms with Crippen LogP contribution in [0.15, 0.2) is 79.0 Å². The molecule has 0 bridgehead atoms. The van der Waals surface area contributed by atoms with Crippen molar-refractivity contribution in [1.29, 1.82) is 0 Å². The van der Waals surface area contributed by atoms with E-state index in [1.54, 1.807) is 44.2 Å². The van der Waals surface area contributed by atoms with Crippen LogP contribution in [0.1, 0.15) is 126 Å². The molecular formula is C73H104N11O24P. The van der Waals surface area contributed by atoms with Gasteiger partial charge in [0.25, 0.3) is 23.6 Å². The van der Waals surface area contributed by atoms with E-state index in [1.165, 1.54) is 93.8 Å². The fourth-order valence-electron chi connectivity index (χ4n) is 11.7. The van der Waals surface area contributed by atoms with Gasteiger partial charge in [-0.05, 0) is 88.5 Å². The summed E-state index contributed by atoms with van der Waals surface area (Å²) in [6.07, 6.45) is -7.45. The van der Waals surface area contributed by atoms with Gasteiger partial charge < -0.3 is 81.0 Å². The molecule has 2 aromatic rings. The Morgan fingerprint density at radius 2 is 1.37 bits per heavy atom. The Kier molecular flexibility index (Phi) is 35.2. The number of Topliss-reactive ketones (excluding diaryl/α,β-unsaturated/α-hetero) is 2. The van der Waals surface area contributed by atoms with Crippen molar-refractivity contribution in [3.05, 3.63) is 90.2 Å². The Labute approximate surface area is 633 Å². The molecule has 1 fully saturated rings. The molecule has 0 spiro atoms. The standard InChI is InChI=1S/C73H104N11O24P/c1-38(2)58(79-55(88)31-33-84-56(89)29-30-57(84)90)53(87)36-50(24-21-32-75-73(74)100)66(93)78-51-27-25-49(26-28-51)37-104-109(101,102)108-62(39(3)4)52(34-41(7)85)70(97)107-63(40(5)6)60-69(96)83(16)61(46(12)103-17)72(99)105-45(11)59(77-47(13)86)71(98)106-54(35-48-22-19-18-20-23-48)68(95)82(15)43(9)64(91)76-42(8)67(94)81(14)44(10)65(92)80-60/h18-20,22-23,25-30,38-40,42,44-46,50,52,54,58-63H,9,21,24,31-37H2,1-8,10-17H3,(H,76,91)(H,77,86)(H,78,93)(H,79,88)(H,80,92)(H,101,102)(H3,74,75,100)/t42-,44-,45+,46+,50+,52-,54+,58-,59-,60-,61-,62+,63+/m0/s1. The second kappa shape index (κ2) is 42.0. The van der Waals surface area contributed by atoms with Gasteiger partial charge in [-0.1, -0.05) is 90.6 Å². The number of anilines is 1. The number of rotatable bonds is 32. The summed E-state index contributed by atoms with van der Waals surface area (Å²) in [5, 5.41) is 15.2. The SMILES string of the molecule is C=C1C(=O)N[C@@H](C)C(=O)N(C)[C@@H](C)C(=O)N[C@@H]([C@H](OC(=O)[C@@H](CC(C)=O)[C@H](OP(=O)(O)OCc2ccc(NC(=O)[C@H](CCCNC(N)=O)CC(=O)[C@@H](NC(=O)CCN3C(=O)C=CC3=O)C(C)C)cc2)C(C)C)C(C)C)C(=O)N(C)[C@@H]([C@@H](C)OC)C(=O)O[C@H](C)[C@H](NC(C)=O)C(=O)O[C@H](Cc2ccccc2)C(=O)N1C. The van der Waals surface area contributed by atoms with Crippen LogP contribution < -0.4 is 37.6 Å². The highest BCUT2D eigenvalue weighted by Crippen LogP contribution is 2.48. The number of phosphoric ester groups is 1. The highest BCUT2D eigenvalue weighted by Gasteiger charge is 2.48. The quantitative estimate of drug-likeness (QED) is 0.0130. The van der Waals surface area contributed by atoms with Crippen LogP contribution in [0.3, 0.4) is 0 Å². The van der Waals surface area contributed by atoms with Crippen LogP contribution in [0, 0.1) is 29.6 Å². The van der Waals surface area contributed by atoms with Crippen LogP contribution in [0.2, 0.25) is 0 Å². The van der Waals surface area contributed by atoms with Gasteiger partial charge in [-0.2, -0.15) is 0 Å². The number of nitrogens with two attached hydrogens (primary N) is 1. The molecule has 12 amide bonds. The smallest absolute Gasteiger partial charge is 0.459 e. The predicted octanol–water partition coefficient (Wildman–Crippen LogP) is 2.20. The van der Waals surface area contributed by atoms with Crippen LogP contribution in [0.4, 0.5) is 10.5 Å². The number of urea groups is 1. The number of ketones is 2. The van der Waals surface area contributed by atoms with Crippen LogP contribution in [-0.2, 0) is 118 Å². The minimum atomic E-state index is -5.29. The maximum absolute atomic E-state index is 15.5. The number of likely N-dealkylation sites (N-methyl/N-ethyl adjacent to an activating group) is 3. The summed E-state index contributed by atoms with van der Waals surface area (Å²) in [6, 6.07) is 3.28. The third-order valence-electron chi connectivity index (χ3n) is 18.2. The van der Waals surface area contributed by atoms with E-state index >= 15 is 9.59 Å². The van der Waals surface area contributed by atoms with Gasteiger partial charge in [0, 0.05) is 97.7 Å². The van der Waals surface area contributed by atoms with E-state index in [1.807, 2.05) is 0 Å². The van der Waals surface area contributed by atoms with Crippen LogP contribution in [0.5, 0.6) is 0 Å². The maximum Gasteiger partial charge on any atom is 0.472 e. The molecule has 35 nitrogen and oxygen atoms in total. The number of imide groups is 1. The van der Waals surface area contributed by atoms with Gasteiger partial charge in [-0.15, -0.1) is 0 Å². The van der Waals surface area contributed by atoms with Crippen molar-refractivity contribution in [2.45, 2.75) is 195 Å². The molecule has 0 saturated carbocycles. The second-order valence-corrected chi connectivity index (χ2v) is 29.2. The number of nitrogens with zero attached hydrogens (tertiary/aromatic N) is 4. The Hall–Kier alpha value is -10.1. The second-order valence-electron chi connectivity index (χ2n) is 27.8. The lowest BCUT2D eigenvalue weighted by Crippen LogP contribution is -2.63. The molecule has 600 valence electrons. The van der Waals surface area contributed by atoms with Crippen molar-refractivity contribution in [3.63, 3.8) is 0 Å². The molecule has 0 radical (unpaired) electrons. The lowest BCUT2D eigenvalue weighted by atomic mass is 9.89. The van der Waals surface area contributed by atoms with Gasteiger partial charge in [0.1, 0.15) is 41.8 Å². The first-order chi connectivity index (χ1) is 50.9. The average molecular weight is 1550 g/mol. The number of methoxy groups -OCH3 is 1. The number of hydrogen-bond acceptors (Lipinski definition) is 23. The van der Waals surface area contributed by atoms with Crippen LogP contribution in [0.25, 0.3) is 0 Å². The zero-order valence-electron chi connectivity index (χ0n) is 64.3. The van der Waals surface area contributed by atoms with Crippen molar-refractivity contribution in [3.8, 4) is 0 Å². The Bertz CT molecular complexity index is 3740. The number of cyclic esters (lactones) is 2. The number of hydrogen-bond donors (Lipinski definition) is 8. The monoisotopic (exact) mass is 1550 g/mol. The maximum atomic E-state index is 15.5. The number of primary amides is 1. The lowest BCUT2D eigenvalue weighted by Gasteiger charge is -2.38. The summed E-state index contributed by atoms with van der Waals surface area (Å²) in [6.45, 7) is 19.4. The van der Waals surface area contributed by atoms with Gasteiger partial charge >= 0.3 is 31.8 Å². The number of nitrogens with one attached hydrogen (secondary N) is 6. The van der Waals surface area contributed by atoms with E-state index in [0.717, 1.165) is 59.7 Å². The van der Waals surface area contributed by atoms with Gasteiger partial charge in [0.15, 0.2) is 24.0 Å². The van der Waals surface area contributed by atoms with E-state index in [0.29, 0.717) is 5.56 Å². The first-order valence-electron chi connectivity index (χ1n) is 35.4. The summed E-state index contributed by atoms with van der Waals surface area (Å²) in [5.74, 6) is -18.6. The van der Waals surface area contributed by atoms with Crippen molar-refractivity contribution in [1.82, 2.24) is 46.2 Å². The molecule has 109 heavy (non-hydrogen) atoms. The molecule has 2 aromatic carbocycles. The van der Waals surface area contributed by atoms with Gasteiger partial charge in [0.2, 0.25) is 35.4 Å². The molecule has 0 aliphatic carbocycles. The number of esters is 3. The molecule has 36 heteroatoms. The topological polar surface area (TPSA) is 477 Å². The Morgan fingerprint density at radius 1 is 0.752 bits per heavy atom. The number of amides is 12. The highest BCUT2D eigenvalue weighted by atomic mass is 31.2. The zero-order valence-corrected chi connectivity index (χ0v) is 65.2. The van der Waals surface area contributed by atoms with E-state index in [4.69, 9.17) is 33.7 Å². The zero-order chi connectivity index (χ0) is 82.2. The minimum Gasteiger partial charge on any atom is -0.459 e. The molecule has 9 N–H and O–H groups in total. The van der Waals surface area contributed by atoms with Gasteiger partial charge in [-0.25, -0.2) is 18.9 Å². The molecule has 2 heterocycles. The van der Waals surface area contributed by atoms with E-state index < -0.39 is 217 Å². The summed E-state index contributed by atoms with van der Waals surface area (Å²) in [7, 11) is -0.646. The fraction of sp³-hybridized carbons (Fsp3) is 0.562. The third-order valence-corrected chi connectivity index (χ3v) is 19.2. The highest BCUT2D eigenvalue weighted by molar-refractivity contribution is 7.47. The summed E-state index contributed by atoms with van der Waals surface area (Å²) >= 11 is 0. The van der Waals surface area contributed by atoms with E-state index in [9.17, 15) is 76.6 Å². The van der Waals surface area contributed by atoms with Crippen LogP contribution in [-0.4, -0.2) is 227 Å². The largest absolute Gasteiger partial charge is 0.472 e. The normalized spacial score (nSPS) is 21.9. The van der Waals surface area contributed by atoms with Crippen molar-refractivity contribution >= 4 is 108 Å². The average Bonchev–Trinajstić information content (AvgIpc) is 1.30. The van der Waals surface area contributed by atoms with Gasteiger partial charge in [0.05, 0.1) is 30.8 Å². The van der Waals surface area contributed by atoms with Crippen molar-refractivity contribution in [2.75, 3.05) is 46.7 Å². The fourth-order valence-corrected chi connectivity index (χ4v) is 12.8. The number of carbonyl (C=O) groups is 16. The van der Waals surface area contributed by atoms with E-state index in [-0.39, 0.29) is 56.4 Å². The summed E-state index contributed by atoms with van der Waals surface area (Å²) in [5.41, 5.74) is 5.61. The predicted molar refractivity (Wildman–Crippen MR) is 390 cm³/mol. The molecular weight excluding hydrogens is 1450 g/mol. The number of phosphoric acid groups is 1. The minimum absolute atomic E-state index is 0.0543. The number of ether oxygens (including phenoxy) is 4. The molecule has 1 unspecified atom stereocenters. The molecule has 2 aliphatic rings. The van der Waals surface area contributed by atoms with Crippen LogP contribution >= 0.6 is 7.82 Å². The third kappa shape index (κ3) is 27.2. The Balaban J connectivity index is 1.68. The molecule has 4 rings (SSSR count). The molecule has 2 aliphatic heterocycles. The number of benzene rings is 2. The Morgan fingerprint density at radius 3 is 1.92 bits per heavy atom. The molecule has 0 aromatic heterocycles. The van der Waals surface area contributed by atoms with Gasteiger partial charge in [-0.3, -0.25) is 71.5 Å². The summed E-state index contributed by atoms with van der Waals surface area (Å²) in [4.78, 5) is 234. The van der Waals surface area contributed by atoms with Crippen molar-refractivity contribution < 1.29 is 114 Å². The molecule has 14 atom stereocenters.